The number of allylic oxidation sites excluding steroid dienone is 2. The number of benzene rings is 1. The fraction of sp³-hybridized carbons (Fsp3) is 0.400. The molecule has 4 unspecified atom stereocenters. The zero-order valence-corrected chi connectivity index (χ0v) is 13.4. The molecule has 3 nitrogen and oxygen atoms in total. The van der Waals surface area contributed by atoms with Crippen molar-refractivity contribution in [2.45, 2.75) is 26.2 Å². The van der Waals surface area contributed by atoms with Gasteiger partial charge in [-0.3, -0.25) is 9.59 Å². The zero-order valence-electron chi connectivity index (χ0n) is 13.4. The number of cyclic esters (lactones) is 2. The predicted molar refractivity (Wildman–Crippen MR) is 89.3 cm³/mol. The van der Waals surface area contributed by atoms with Crippen molar-refractivity contribution in [3.05, 3.63) is 54.1 Å². The molecule has 2 fully saturated rings. The van der Waals surface area contributed by atoms with E-state index in [-0.39, 0.29) is 35.6 Å². The monoisotopic (exact) mass is 310 g/mol. The van der Waals surface area contributed by atoms with Gasteiger partial charge in [-0.2, -0.15) is 0 Å². The van der Waals surface area contributed by atoms with Crippen molar-refractivity contribution in [2.24, 2.45) is 23.7 Å². The van der Waals surface area contributed by atoms with Crippen LogP contribution in [0.5, 0.6) is 0 Å². The molecule has 0 N–H and O–H groups in total. The molecule has 0 radical (unpaired) electrons. The number of carbonyl (C=O) groups excluding carboxylic acids is 2. The number of hydrogen-bond acceptors (Lipinski definition) is 3. The standard InChI is InChI=1S/C20H22O3/c1-3-14-8-10-15(11-9-14)6-4-5-7-16-12-13(2)17-18(16)20(22)23-19(17)21/h3,5,7-11,13,16-18H,1,4,6,12H2,2H3/b7-5-. The van der Waals surface area contributed by atoms with Crippen LogP contribution in [0.3, 0.4) is 0 Å². The SMILES string of the molecule is C=Cc1ccc(CC/C=C\C2CC(C)C3C(=O)OC(=O)C23)cc1. The van der Waals surface area contributed by atoms with Crippen molar-refractivity contribution in [1.82, 2.24) is 0 Å². The quantitative estimate of drug-likeness (QED) is 0.472. The second kappa shape index (κ2) is 6.53. The molecular weight excluding hydrogens is 288 g/mol. The van der Waals surface area contributed by atoms with Crippen LogP contribution in [0.4, 0.5) is 0 Å². The van der Waals surface area contributed by atoms with Crippen molar-refractivity contribution >= 4 is 18.0 Å². The van der Waals surface area contributed by atoms with E-state index < -0.39 is 0 Å². The smallest absolute Gasteiger partial charge is 0.318 e. The summed E-state index contributed by atoms with van der Waals surface area (Å²) in [7, 11) is 0. The average Bonchev–Trinajstić information content (AvgIpc) is 3.03. The minimum atomic E-state index is -0.334. The summed E-state index contributed by atoms with van der Waals surface area (Å²) in [4.78, 5) is 23.6. The first-order valence-corrected chi connectivity index (χ1v) is 8.23. The minimum Gasteiger partial charge on any atom is -0.393 e. The number of hydrogen-bond donors (Lipinski definition) is 0. The molecule has 3 heteroatoms. The lowest BCUT2D eigenvalue weighted by atomic mass is 9.89. The van der Waals surface area contributed by atoms with Gasteiger partial charge in [0.1, 0.15) is 0 Å². The highest BCUT2D eigenvalue weighted by molar-refractivity contribution is 5.97. The third kappa shape index (κ3) is 3.14. The van der Waals surface area contributed by atoms with Gasteiger partial charge >= 0.3 is 11.9 Å². The van der Waals surface area contributed by atoms with E-state index in [1.165, 1.54) is 5.56 Å². The Morgan fingerprint density at radius 1 is 1.17 bits per heavy atom. The lowest BCUT2D eigenvalue weighted by Crippen LogP contribution is -2.18. The number of fused-ring (bicyclic) bond motifs is 1. The lowest BCUT2D eigenvalue weighted by molar-refractivity contribution is -0.154. The second-order valence-electron chi connectivity index (χ2n) is 6.58. The van der Waals surface area contributed by atoms with Crippen LogP contribution in [0, 0.1) is 23.7 Å². The largest absolute Gasteiger partial charge is 0.393 e. The zero-order chi connectivity index (χ0) is 16.4. The predicted octanol–water partition coefficient (Wildman–Crippen LogP) is 3.79. The van der Waals surface area contributed by atoms with Gasteiger partial charge < -0.3 is 4.74 Å². The Bertz CT molecular complexity index is 641. The molecule has 1 saturated carbocycles. The first-order chi connectivity index (χ1) is 11.1. The molecule has 1 aliphatic heterocycles. The summed E-state index contributed by atoms with van der Waals surface area (Å²) < 4.78 is 4.81. The topological polar surface area (TPSA) is 43.4 Å². The summed E-state index contributed by atoms with van der Waals surface area (Å²) in [5, 5.41) is 0. The number of rotatable bonds is 5. The highest BCUT2D eigenvalue weighted by Gasteiger charge is 2.54. The van der Waals surface area contributed by atoms with Crippen LogP contribution in [-0.4, -0.2) is 11.9 Å². The van der Waals surface area contributed by atoms with Crippen LogP contribution in [0.1, 0.15) is 30.9 Å². The first-order valence-electron chi connectivity index (χ1n) is 8.23. The maximum absolute atomic E-state index is 11.9. The van der Waals surface area contributed by atoms with Crippen LogP contribution in [0.25, 0.3) is 6.08 Å². The van der Waals surface area contributed by atoms with Gasteiger partial charge in [0.05, 0.1) is 11.8 Å². The Balaban J connectivity index is 1.56. The highest BCUT2D eigenvalue weighted by atomic mass is 16.6. The fourth-order valence-corrected chi connectivity index (χ4v) is 3.82. The molecule has 120 valence electrons. The Morgan fingerprint density at radius 2 is 1.87 bits per heavy atom. The van der Waals surface area contributed by atoms with Gasteiger partial charge in [-0.25, -0.2) is 0 Å². The van der Waals surface area contributed by atoms with Gasteiger partial charge in [0.15, 0.2) is 0 Å². The molecular formula is C20H22O3. The molecule has 0 aromatic heterocycles. The molecule has 23 heavy (non-hydrogen) atoms. The summed E-state index contributed by atoms with van der Waals surface area (Å²) in [5.74, 6) is -0.800. The van der Waals surface area contributed by atoms with Crippen LogP contribution < -0.4 is 0 Å². The summed E-state index contributed by atoms with van der Waals surface area (Å²) in [6.07, 6.45) is 8.87. The first kappa shape index (κ1) is 15.7. The molecule has 1 saturated heterocycles. The molecule has 4 atom stereocenters. The van der Waals surface area contributed by atoms with Crippen molar-refractivity contribution in [1.29, 1.82) is 0 Å². The molecule has 3 rings (SSSR count). The normalized spacial score (nSPS) is 29.8. The van der Waals surface area contributed by atoms with E-state index in [4.69, 9.17) is 4.74 Å². The fourth-order valence-electron chi connectivity index (χ4n) is 3.82. The van der Waals surface area contributed by atoms with E-state index in [0.717, 1.165) is 24.8 Å². The third-order valence-corrected chi connectivity index (χ3v) is 5.05. The van der Waals surface area contributed by atoms with Crippen LogP contribution in [0.15, 0.2) is 43.0 Å². The average molecular weight is 310 g/mol. The van der Waals surface area contributed by atoms with E-state index in [1.807, 2.05) is 13.0 Å². The van der Waals surface area contributed by atoms with E-state index in [2.05, 4.69) is 43.0 Å². The number of ether oxygens (including phenoxy) is 1. The molecule has 1 aromatic carbocycles. The summed E-state index contributed by atoms with van der Waals surface area (Å²) in [5.41, 5.74) is 2.41. The van der Waals surface area contributed by atoms with Gasteiger partial charge in [-0.1, -0.05) is 56.0 Å². The van der Waals surface area contributed by atoms with Gasteiger partial charge in [0, 0.05) is 0 Å². The second-order valence-corrected chi connectivity index (χ2v) is 6.58. The maximum atomic E-state index is 11.9. The van der Waals surface area contributed by atoms with Crippen molar-refractivity contribution in [2.75, 3.05) is 0 Å². The van der Waals surface area contributed by atoms with Crippen molar-refractivity contribution < 1.29 is 14.3 Å². The van der Waals surface area contributed by atoms with Crippen molar-refractivity contribution in [3.8, 4) is 0 Å². The van der Waals surface area contributed by atoms with E-state index in [9.17, 15) is 9.59 Å². The Kier molecular flexibility index (Phi) is 4.46. The highest BCUT2D eigenvalue weighted by Crippen LogP contribution is 2.46. The molecule has 0 bridgehead atoms. The number of esters is 2. The van der Waals surface area contributed by atoms with Crippen molar-refractivity contribution in [3.63, 3.8) is 0 Å². The van der Waals surface area contributed by atoms with Gasteiger partial charge in [-0.15, -0.1) is 0 Å². The summed E-state index contributed by atoms with van der Waals surface area (Å²) in [6, 6.07) is 8.36. The Morgan fingerprint density at radius 3 is 2.57 bits per heavy atom. The van der Waals surface area contributed by atoms with E-state index >= 15 is 0 Å². The minimum absolute atomic E-state index is 0.136. The van der Waals surface area contributed by atoms with E-state index in [0.29, 0.717) is 0 Å². The Hall–Kier alpha value is -2.16. The van der Waals surface area contributed by atoms with Gasteiger partial charge in [0.25, 0.3) is 0 Å². The maximum Gasteiger partial charge on any atom is 0.318 e. The molecule has 2 aliphatic rings. The van der Waals surface area contributed by atoms with Crippen LogP contribution in [0.2, 0.25) is 0 Å². The van der Waals surface area contributed by atoms with Gasteiger partial charge in [-0.05, 0) is 42.2 Å². The molecule has 0 spiro atoms. The molecule has 0 amide bonds. The van der Waals surface area contributed by atoms with Gasteiger partial charge in [0.2, 0.25) is 0 Å². The molecule has 1 heterocycles. The molecule has 1 aliphatic carbocycles. The van der Waals surface area contributed by atoms with Crippen LogP contribution >= 0.6 is 0 Å². The number of aryl methyl sites for hydroxylation is 1. The Labute approximate surface area is 137 Å². The molecule has 1 aromatic rings. The van der Waals surface area contributed by atoms with Crippen LogP contribution in [-0.2, 0) is 20.7 Å². The van der Waals surface area contributed by atoms with E-state index in [1.54, 1.807) is 0 Å². The summed E-state index contributed by atoms with van der Waals surface area (Å²) in [6.45, 7) is 5.79. The third-order valence-electron chi connectivity index (χ3n) is 5.05. The summed E-state index contributed by atoms with van der Waals surface area (Å²) >= 11 is 0. The number of carbonyl (C=O) groups is 2. The lowest BCUT2D eigenvalue weighted by Gasteiger charge is -2.09.